The smallest absolute Gasteiger partial charge is 0.418 e. The summed E-state index contributed by atoms with van der Waals surface area (Å²) in [6.45, 7) is 0.406. The van der Waals surface area contributed by atoms with Gasteiger partial charge >= 0.3 is 6.18 Å². The molecule has 0 aliphatic carbocycles. The zero-order valence-electron chi connectivity index (χ0n) is 14.5. The first-order valence-electron chi connectivity index (χ1n) is 8.25. The summed E-state index contributed by atoms with van der Waals surface area (Å²) in [4.78, 5) is 14.1. The van der Waals surface area contributed by atoms with Gasteiger partial charge in [-0.1, -0.05) is 11.6 Å². The summed E-state index contributed by atoms with van der Waals surface area (Å²) in [5, 5.41) is 2.25. The van der Waals surface area contributed by atoms with E-state index in [-0.39, 0.29) is 30.3 Å². The van der Waals surface area contributed by atoms with E-state index in [2.05, 4.69) is 5.32 Å². The maximum atomic E-state index is 13.2. The Kier molecular flexibility index (Phi) is 6.11. The Hall–Kier alpha value is -2.71. The zero-order valence-corrected chi connectivity index (χ0v) is 15.3. The van der Waals surface area contributed by atoms with Crippen LogP contribution < -0.4 is 5.32 Å². The molecule has 0 aliphatic heterocycles. The molecule has 0 bridgehead atoms. The van der Waals surface area contributed by atoms with Crippen molar-refractivity contribution in [2.45, 2.75) is 19.3 Å². The number of halogens is 4. The van der Waals surface area contributed by atoms with Crippen molar-refractivity contribution < 1.29 is 26.8 Å². The van der Waals surface area contributed by atoms with Crippen LogP contribution in [0.15, 0.2) is 63.8 Å². The van der Waals surface area contributed by atoms with Crippen molar-refractivity contribution in [2.24, 2.45) is 0 Å². The molecule has 0 saturated heterocycles. The average molecular weight is 413 g/mol. The van der Waals surface area contributed by atoms with Crippen molar-refractivity contribution in [1.82, 2.24) is 4.90 Å². The highest BCUT2D eigenvalue weighted by Crippen LogP contribution is 2.36. The van der Waals surface area contributed by atoms with Crippen LogP contribution >= 0.6 is 11.6 Å². The lowest BCUT2D eigenvalue weighted by molar-refractivity contribution is -0.137. The van der Waals surface area contributed by atoms with E-state index in [0.717, 1.165) is 12.1 Å². The summed E-state index contributed by atoms with van der Waals surface area (Å²) >= 11 is 5.66. The number of nitrogens with zero attached hydrogens (tertiary/aromatic N) is 1. The van der Waals surface area contributed by atoms with E-state index < -0.39 is 17.6 Å². The molecule has 28 heavy (non-hydrogen) atoms. The van der Waals surface area contributed by atoms with E-state index in [1.54, 1.807) is 29.2 Å². The van der Waals surface area contributed by atoms with Crippen molar-refractivity contribution in [3.63, 3.8) is 0 Å². The van der Waals surface area contributed by atoms with Crippen molar-refractivity contribution in [2.75, 3.05) is 11.9 Å². The molecule has 0 atom stereocenters. The largest absolute Gasteiger partial charge is 0.468 e. The van der Waals surface area contributed by atoms with Crippen LogP contribution in [0.3, 0.4) is 0 Å². The lowest BCUT2D eigenvalue weighted by Gasteiger charge is -2.20. The van der Waals surface area contributed by atoms with Gasteiger partial charge in [0.05, 0.1) is 43.4 Å². The molecule has 1 N–H and O–H groups in total. The number of carbonyl (C=O) groups is 1. The van der Waals surface area contributed by atoms with Crippen LogP contribution in [0, 0.1) is 0 Å². The first-order valence-corrected chi connectivity index (χ1v) is 8.63. The number of rotatable bonds is 7. The number of anilines is 1. The van der Waals surface area contributed by atoms with Gasteiger partial charge in [0.1, 0.15) is 11.5 Å². The number of benzene rings is 1. The minimum Gasteiger partial charge on any atom is -0.468 e. The highest BCUT2D eigenvalue weighted by molar-refractivity contribution is 6.30. The molecule has 0 radical (unpaired) electrons. The van der Waals surface area contributed by atoms with Gasteiger partial charge in [0, 0.05) is 5.02 Å². The minimum absolute atomic E-state index is 0.0670. The second-order valence-electron chi connectivity index (χ2n) is 6.04. The fraction of sp³-hybridized carbons (Fsp3) is 0.211. The van der Waals surface area contributed by atoms with E-state index in [1.807, 2.05) is 0 Å². The fourth-order valence-corrected chi connectivity index (χ4v) is 2.84. The standard InChI is InChI=1S/C19H16ClF3N2O3/c20-13-5-6-17(16(9-13)19(21,22)23)24-18(26)12-25(10-14-3-1-7-27-14)11-15-4-2-8-28-15/h1-9H,10-12H2,(H,24,26). The SMILES string of the molecule is O=C(CN(Cc1ccco1)Cc1ccco1)Nc1ccc(Cl)cc1C(F)(F)F. The van der Waals surface area contributed by atoms with E-state index >= 15 is 0 Å². The summed E-state index contributed by atoms with van der Waals surface area (Å²) in [6.07, 6.45) is -1.64. The van der Waals surface area contributed by atoms with Crippen LogP contribution in [0.5, 0.6) is 0 Å². The quantitative estimate of drug-likeness (QED) is 0.580. The molecular weight excluding hydrogens is 397 g/mol. The molecule has 2 aromatic heterocycles. The average Bonchev–Trinajstić information content (AvgIpc) is 3.29. The molecule has 148 valence electrons. The second kappa shape index (κ2) is 8.53. The van der Waals surface area contributed by atoms with E-state index in [4.69, 9.17) is 20.4 Å². The van der Waals surface area contributed by atoms with Gasteiger partial charge in [0.25, 0.3) is 0 Å². The van der Waals surface area contributed by atoms with Crippen LogP contribution in [0.1, 0.15) is 17.1 Å². The topological polar surface area (TPSA) is 58.6 Å². The first-order chi connectivity index (χ1) is 13.3. The molecule has 1 amide bonds. The van der Waals surface area contributed by atoms with Gasteiger partial charge in [-0.05, 0) is 42.5 Å². The molecule has 0 spiro atoms. The Morgan fingerprint density at radius 1 is 1.04 bits per heavy atom. The molecule has 0 saturated carbocycles. The maximum Gasteiger partial charge on any atom is 0.418 e. The van der Waals surface area contributed by atoms with Gasteiger partial charge in [-0.2, -0.15) is 13.2 Å². The Balaban J connectivity index is 1.73. The van der Waals surface area contributed by atoms with Crippen molar-refractivity contribution in [3.8, 4) is 0 Å². The summed E-state index contributed by atoms with van der Waals surface area (Å²) in [7, 11) is 0. The number of carbonyl (C=O) groups excluding carboxylic acids is 1. The summed E-state index contributed by atoms with van der Waals surface area (Å²) in [5.41, 5.74) is -1.35. The van der Waals surface area contributed by atoms with Crippen LogP contribution in [0.2, 0.25) is 5.02 Å². The summed E-state index contributed by atoms with van der Waals surface area (Å²) < 4.78 is 50.2. The van der Waals surface area contributed by atoms with Gasteiger partial charge in [-0.15, -0.1) is 0 Å². The molecule has 3 aromatic rings. The van der Waals surface area contributed by atoms with Gasteiger partial charge in [-0.3, -0.25) is 9.69 Å². The predicted molar refractivity (Wildman–Crippen MR) is 96.6 cm³/mol. The monoisotopic (exact) mass is 412 g/mol. The highest BCUT2D eigenvalue weighted by atomic mass is 35.5. The van der Waals surface area contributed by atoms with Gasteiger partial charge in [0.2, 0.25) is 5.91 Å². The highest BCUT2D eigenvalue weighted by Gasteiger charge is 2.34. The van der Waals surface area contributed by atoms with E-state index in [0.29, 0.717) is 11.5 Å². The molecule has 5 nitrogen and oxygen atoms in total. The molecular formula is C19H16ClF3N2O3. The number of nitrogens with one attached hydrogen (secondary N) is 1. The third kappa shape index (κ3) is 5.40. The summed E-state index contributed by atoms with van der Waals surface area (Å²) in [5.74, 6) is 0.620. The lowest BCUT2D eigenvalue weighted by atomic mass is 10.1. The van der Waals surface area contributed by atoms with Crippen LogP contribution in [0.4, 0.5) is 18.9 Å². The van der Waals surface area contributed by atoms with Crippen LogP contribution in [-0.4, -0.2) is 17.4 Å². The Labute approximate surface area is 163 Å². The first kappa shape index (κ1) is 20.0. The number of furan rings is 2. The minimum atomic E-state index is -4.64. The number of amides is 1. The van der Waals surface area contributed by atoms with Gasteiger partial charge in [-0.25, -0.2) is 0 Å². The van der Waals surface area contributed by atoms with Crippen LogP contribution in [0.25, 0.3) is 0 Å². The third-order valence-electron chi connectivity index (χ3n) is 3.85. The van der Waals surface area contributed by atoms with Crippen molar-refractivity contribution in [1.29, 1.82) is 0 Å². The molecule has 9 heteroatoms. The third-order valence-corrected chi connectivity index (χ3v) is 4.08. The molecule has 2 heterocycles. The zero-order chi connectivity index (χ0) is 20.1. The number of hydrogen-bond donors (Lipinski definition) is 1. The van der Waals surface area contributed by atoms with Gasteiger partial charge in [0.15, 0.2) is 0 Å². The molecule has 0 fully saturated rings. The van der Waals surface area contributed by atoms with Crippen LogP contribution in [-0.2, 0) is 24.1 Å². The molecule has 0 aliphatic rings. The summed E-state index contributed by atoms with van der Waals surface area (Å²) in [6, 6.07) is 10.1. The lowest BCUT2D eigenvalue weighted by Crippen LogP contribution is -2.32. The predicted octanol–water partition coefficient (Wildman–Crippen LogP) is 5.19. The Morgan fingerprint density at radius 2 is 1.64 bits per heavy atom. The maximum absolute atomic E-state index is 13.2. The molecule has 0 unspecified atom stereocenters. The molecule has 3 rings (SSSR count). The Bertz CT molecular complexity index is 873. The van der Waals surface area contributed by atoms with Crippen molar-refractivity contribution >= 4 is 23.2 Å². The van der Waals surface area contributed by atoms with Crippen molar-refractivity contribution in [3.05, 3.63) is 77.1 Å². The normalized spacial score (nSPS) is 11.8. The second-order valence-corrected chi connectivity index (χ2v) is 6.48. The fourth-order valence-electron chi connectivity index (χ4n) is 2.67. The van der Waals surface area contributed by atoms with E-state index in [1.165, 1.54) is 18.6 Å². The number of alkyl halides is 3. The van der Waals surface area contributed by atoms with E-state index in [9.17, 15) is 18.0 Å². The number of hydrogen-bond acceptors (Lipinski definition) is 4. The van der Waals surface area contributed by atoms with Gasteiger partial charge < -0.3 is 14.2 Å². The Morgan fingerprint density at radius 3 is 2.14 bits per heavy atom. The molecule has 1 aromatic carbocycles.